The number of carbonyl (C=O) groups is 2. The second-order valence-electron chi connectivity index (χ2n) is 8.86. The zero-order valence-corrected chi connectivity index (χ0v) is 24.6. The molecule has 0 amide bonds. The zero-order valence-electron chi connectivity index (χ0n) is 24.6. The predicted octanol–water partition coefficient (Wildman–Crippen LogP) is 5.43. The maximum atomic E-state index is 11.6. The Kier molecular flexibility index (Phi) is 11.9. The van der Waals surface area contributed by atoms with Gasteiger partial charge in [-0.1, -0.05) is 24.3 Å². The Morgan fingerprint density at radius 3 is 1.95 bits per heavy atom. The molecule has 42 heavy (non-hydrogen) atoms. The van der Waals surface area contributed by atoms with E-state index in [4.69, 9.17) is 33.2 Å². The molecule has 0 heterocycles. The summed E-state index contributed by atoms with van der Waals surface area (Å²) in [4.78, 5) is 23.2. The Labute approximate surface area is 245 Å². The van der Waals surface area contributed by atoms with E-state index < -0.39 is 24.1 Å². The standard InChI is InChI=1S/C32H36O10/c1-21(33)40-18-17-28(41-26-10-8-7-9-24(26)35-2)32(23-13-15-25(36-3)30(20-23)38-5)42-27-14-11-22(19-29(27)37-4)12-16-31(34)39-6/h7-16,19-20,28,32H,17-18H2,1-6H3/b16-12+/t28-,32-/m0/s1. The molecule has 0 aromatic heterocycles. The summed E-state index contributed by atoms with van der Waals surface area (Å²) in [6.45, 7) is 1.43. The van der Waals surface area contributed by atoms with Crippen LogP contribution < -0.4 is 28.4 Å². The van der Waals surface area contributed by atoms with Crippen molar-refractivity contribution in [2.24, 2.45) is 0 Å². The van der Waals surface area contributed by atoms with Crippen LogP contribution in [0.3, 0.4) is 0 Å². The van der Waals surface area contributed by atoms with Crippen molar-refractivity contribution >= 4 is 18.0 Å². The summed E-state index contributed by atoms with van der Waals surface area (Å²) in [6, 6.07) is 17.9. The van der Waals surface area contributed by atoms with Gasteiger partial charge in [-0.3, -0.25) is 4.79 Å². The normalized spacial score (nSPS) is 12.1. The smallest absolute Gasteiger partial charge is 0.330 e. The second kappa shape index (κ2) is 15.8. The number of hydrogen-bond acceptors (Lipinski definition) is 10. The van der Waals surface area contributed by atoms with Crippen molar-refractivity contribution in [3.05, 3.63) is 77.9 Å². The SMILES string of the molecule is COC(=O)/C=C/c1ccc(O[C@@H](c2ccc(OC)c(OC)c2)[C@H](CCOC(C)=O)Oc2ccccc2OC)c(OC)c1. The summed E-state index contributed by atoms with van der Waals surface area (Å²) in [5.41, 5.74) is 1.40. The third kappa shape index (κ3) is 8.57. The molecule has 0 spiro atoms. The molecule has 0 N–H and O–H groups in total. The van der Waals surface area contributed by atoms with Crippen LogP contribution in [0.15, 0.2) is 66.7 Å². The number of carbonyl (C=O) groups excluding carboxylic acids is 2. The molecular weight excluding hydrogens is 544 g/mol. The molecule has 0 saturated carbocycles. The summed E-state index contributed by atoms with van der Waals surface area (Å²) in [6.07, 6.45) is 1.77. The van der Waals surface area contributed by atoms with Gasteiger partial charge in [0.1, 0.15) is 6.10 Å². The fourth-order valence-corrected chi connectivity index (χ4v) is 4.11. The quantitative estimate of drug-likeness (QED) is 0.171. The van der Waals surface area contributed by atoms with Gasteiger partial charge in [-0.05, 0) is 48.0 Å². The Morgan fingerprint density at radius 2 is 1.31 bits per heavy atom. The maximum Gasteiger partial charge on any atom is 0.330 e. The minimum Gasteiger partial charge on any atom is -0.493 e. The molecule has 0 radical (unpaired) electrons. The van der Waals surface area contributed by atoms with Crippen LogP contribution in [0.2, 0.25) is 0 Å². The van der Waals surface area contributed by atoms with E-state index in [1.807, 2.05) is 18.2 Å². The van der Waals surface area contributed by atoms with E-state index in [1.54, 1.807) is 69.9 Å². The lowest BCUT2D eigenvalue weighted by atomic mass is 10.0. The van der Waals surface area contributed by atoms with Crippen LogP contribution in [0.5, 0.6) is 34.5 Å². The zero-order chi connectivity index (χ0) is 30.5. The van der Waals surface area contributed by atoms with Gasteiger partial charge in [0.05, 0.1) is 42.2 Å². The molecule has 0 bridgehead atoms. The molecule has 10 nitrogen and oxygen atoms in total. The van der Waals surface area contributed by atoms with Crippen LogP contribution >= 0.6 is 0 Å². The third-order valence-electron chi connectivity index (χ3n) is 6.18. The van der Waals surface area contributed by atoms with Crippen LogP contribution in [-0.4, -0.2) is 60.2 Å². The highest BCUT2D eigenvalue weighted by molar-refractivity contribution is 5.87. The van der Waals surface area contributed by atoms with E-state index in [0.29, 0.717) is 45.6 Å². The second-order valence-corrected chi connectivity index (χ2v) is 8.86. The topological polar surface area (TPSA) is 108 Å². The average molecular weight is 581 g/mol. The Hall–Kier alpha value is -4.86. The summed E-state index contributed by atoms with van der Waals surface area (Å²) < 4.78 is 45.2. The van der Waals surface area contributed by atoms with Crippen molar-refractivity contribution in [3.63, 3.8) is 0 Å². The number of methoxy groups -OCH3 is 5. The molecule has 0 unspecified atom stereocenters. The lowest BCUT2D eigenvalue weighted by molar-refractivity contribution is -0.142. The van der Waals surface area contributed by atoms with Gasteiger partial charge in [0, 0.05) is 25.0 Å². The van der Waals surface area contributed by atoms with Crippen LogP contribution in [0.4, 0.5) is 0 Å². The van der Waals surface area contributed by atoms with Gasteiger partial charge in [-0.15, -0.1) is 0 Å². The first-order valence-electron chi connectivity index (χ1n) is 13.1. The molecule has 2 atom stereocenters. The van der Waals surface area contributed by atoms with Crippen LogP contribution in [0.25, 0.3) is 6.08 Å². The average Bonchev–Trinajstić information content (AvgIpc) is 3.01. The molecule has 0 aliphatic carbocycles. The highest BCUT2D eigenvalue weighted by Crippen LogP contribution is 2.39. The first kappa shape index (κ1) is 31.7. The van der Waals surface area contributed by atoms with Gasteiger partial charge < -0.3 is 37.9 Å². The summed E-state index contributed by atoms with van der Waals surface area (Å²) in [5, 5.41) is 0. The lowest BCUT2D eigenvalue weighted by Crippen LogP contribution is -2.31. The minimum atomic E-state index is -0.754. The molecule has 0 aliphatic rings. The minimum absolute atomic E-state index is 0.0801. The van der Waals surface area contributed by atoms with E-state index in [1.165, 1.54) is 27.2 Å². The molecule has 10 heteroatoms. The van der Waals surface area contributed by atoms with E-state index in [9.17, 15) is 9.59 Å². The van der Waals surface area contributed by atoms with Crippen molar-refractivity contribution in [1.82, 2.24) is 0 Å². The van der Waals surface area contributed by atoms with Crippen LogP contribution in [0, 0.1) is 0 Å². The highest BCUT2D eigenvalue weighted by atomic mass is 16.6. The predicted molar refractivity (Wildman–Crippen MR) is 156 cm³/mol. The van der Waals surface area contributed by atoms with Crippen LogP contribution in [-0.2, 0) is 19.1 Å². The van der Waals surface area contributed by atoms with Crippen molar-refractivity contribution in [2.45, 2.75) is 25.6 Å². The van der Waals surface area contributed by atoms with Gasteiger partial charge in [0.2, 0.25) is 0 Å². The Morgan fingerprint density at radius 1 is 0.714 bits per heavy atom. The van der Waals surface area contributed by atoms with Gasteiger partial charge in [-0.2, -0.15) is 0 Å². The molecule has 0 aliphatic heterocycles. The summed E-state index contributed by atoms with van der Waals surface area (Å²) in [5.74, 6) is 1.99. The van der Waals surface area contributed by atoms with Crippen molar-refractivity contribution < 1.29 is 47.5 Å². The lowest BCUT2D eigenvalue weighted by Gasteiger charge is -2.30. The molecule has 3 rings (SSSR count). The summed E-state index contributed by atoms with van der Waals surface area (Å²) >= 11 is 0. The first-order valence-corrected chi connectivity index (χ1v) is 13.1. The fraction of sp³-hybridized carbons (Fsp3) is 0.312. The van der Waals surface area contributed by atoms with Gasteiger partial charge in [0.15, 0.2) is 40.6 Å². The number of hydrogen-bond donors (Lipinski definition) is 0. The molecule has 224 valence electrons. The molecule has 3 aromatic rings. The molecule has 3 aromatic carbocycles. The maximum absolute atomic E-state index is 11.6. The Bertz CT molecular complexity index is 1370. The van der Waals surface area contributed by atoms with Gasteiger partial charge in [-0.25, -0.2) is 4.79 Å². The van der Waals surface area contributed by atoms with Gasteiger partial charge in [0.25, 0.3) is 0 Å². The number of benzene rings is 3. The van der Waals surface area contributed by atoms with E-state index in [0.717, 1.165) is 0 Å². The molecular formula is C32H36O10. The van der Waals surface area contributed by atoms with Gasteiger partial charge >= 0.3 is 11.9 Å². The molecule has 0 saturated heterocycles. The van der Waals surface area contributed by atoms with Crippen molar-refractivity contribution in [2.75, 3.05) is 42.2 Å². The number of esters is 2. The van der Waals surface area contributed by atoms with Crippen molar-refractivity contribution in [3.8, 4) is 34.5 Å². The monoisotopic (exact) mass is 580 g/mol. The number of para-hydroxylation sites is 2. The van der Waals surface area contributed by atoms with Crippen LogP contribution in [0.1, 0.15) is 30.6 Å². The van der Waals surface area contributed by atoms with Crippen molar-refractivity contribution in [1.29, 1.82) is 0 Å². The molecule has 0 fully saturated rings. The van der Waals surface area contributed by atoms with E-state index >= 15 is 0 Å². The number of ether oxygens (including phenoxy) is 8. The summed E-state index contributed by atoms with van der Waals surface area (Å²) in [7, 11) is 7.48. The largest absolute Gasteiger partial charge is 0.493 e. The fourth-order valence-electron chi connectivity index (χ4n) is 4.11. The van der Waals surface area contributed by atoms with E-state index in [-0.39, 0.29) is 13.0 Å². The third-order valence-corrected chi connectivity index (χ3v) is 6.18. The van der Waals surface area contributed by atoms with E-state index in [2.05, 4.69) is 4.74 Å². The Balaban J connectivity index is 2.10. The number of rotatable bonds is 15. The first-order chi connectivity index (χ1) is 20.3. The highest BCUT2D eigenvalue weighted by Gasteiger charge is 2.30.